The van der Waals surface area contributed by atoms with Crippen molar-refractivity contribution in [3.63, 3.8) is 0 Å². The topological polar surface area (TPSA) is 171 Å². The molecule has 0 aliphatic carbocycles. The zero-order valence-electron chi connectivity index (χ0n) is 17.1. The lowest BCUT2D eigenvalue weighted by molar-refractivity contribution is -0.128. The molecule has 4 amide bonds. The Balaban J connectivity index is 2.17. The monoisotopic (exact) mass is 418 g/mol. The van der Waals surface area contributed by atoms with Gasteiger partial charge in [0.15, 0.2) is 5.82 Å². The number of nitrogens with zero attached hydrogens (tertiary/aromatic N) is 2. The summed E-state index contributed by atoms with van der Waals surface area (Å²) < 4.78 is 0. The number of aromatic amines is 1. The van der Waals surface area contributed by atoms with E-state index in [0.717, 1.165) is 0 Å². The number of nitrogens with one attached hydrogen (secondary N) is 3. The van der Waals surface area contributed by atoms with Gasteiger partial charge >= 0.3 is 6.09 Å². The van der Waals surface area contributed by atoms with E-state index in [1.54, 1.807) is 24.3 Å². The van der Waals surface area contributed by atoms with E-state index in [1.807, 2.05) is 20.8 Å². The van der Waals surface area contributed by atoms with Crippen LogP contribution >= 0.6 is 0 Å². The Kier molecular flexibility index (Phi) is 6.98. The number of rotatable bonds is 7. The van der Waals surface area contributed by atoms with Crippen LogP contribution in [0.4, 0.5) is 4.79 Å². The maximum atomic E-state index is 12.7. The molecular weight excluding hydrogens is 392 g/mol. The van der Waals surface area contributed by atoms with Gasteiger partial charge in [0, 0.05) is 6.42 Å². The normalized spacial score (nSPS) is 12.2. The fourth-order valence-electron chi connectivity index (χ4n) is 2.74. The van der Waals surface area contributed by atoms with Crippen molar-refractivity contribution in [2.45, 2.75) is 39.7 Å². The highest BCUT2D eigenvalue weighted by Gasteiger charge is 2.30. The molecule has 2 aromatic rings. The van der Waals surface area contributed by atoms with Crippen molar-refractivity contribution in [3.05, 3.63) is 30.1 Å². The van der Waals surface area contributed by atoms with Crippen LogP contribution in [0.3, 0.4) is 0 Å². The summed E-state index contributed by atoms with van der Waals surface area (Å²) in [5, 5.41) is 12.4. The molecule has 1 aromatic heterocycles. The number of imidazole rings is 1. The van der Waals surface area contributed by atoms with Gasteiger partial charge in [-0.05, 0) is 24.0 Å². The number of benzene rings is 1. The highest BCUT2D eigenvalue weighted by Crippen LogP contribution is 2.21. The number of fused-ring (bicyclic) bond motifs is 1. The molecule has 1 atom stereocenters. The number of H-pyrrole nitrogens is 1. The van der Waals surface area contributed by atoms with Crippen LogP contribution in [0.5, 0.6) is 0 Å². The first kappa shape index (κ1) is 22.7. The van der Waals surface area contributed by atoms with E-state index in [0.29, 0.717) is 16.0 Å². The number of amides is 4. The third kappa shape index (κ3) is 6.47. The molecule has 1 heterocycles. The molecule has 1 aromatic carbocycles. The van der Waals surface area contributed by atoms with Gasteiger partial charge in [0.2, 0.25) is 5.91 Å². The summed E-state index contributed by atoms with van der Waals surface area (Å²) in [7, 11) is 0. The molecule has 1 unspecified atom stereocenters. The number of carbonyl (C=O) groups excluding carboxylic acids is 3. The molecule has 6 N–H and O–H groups in total. The fraction of sp³-hybridized carbons (Fsp3) is 0.421. The van der Waals surface area contributed by atoms with Gasteiger partial charge in [-0.3, -0.25) is 19.8 Å². The van der Waals surface area contributed by atoms with E-state index in [9.17, 15) is 24.3 Å². The van der Waals surface area contributed by atoms with Gasteiger partial charge in [-0.25, -0.2) is 14.8 Å². The summed E-state index contributed by atoms with van der Waals surface area (Å²) in [4.78, 5) is 54.8. The Morgan fingerprint density at radius 2 is 1.90 bits per heavy atom. The molecular formula is C19H26N6O5. The van der Waals surface area contributed by atoms with Crippen molar-refractivity contribution in [2.24, 2.45) is 11.1 Å². The van der Waals surface area contributed by atoms with Crippen molar-refractivity contribution < 1.29 is 24.3 Å². The lowest BCUT2D eigenvalue weighted by Gasteiger charge is -2.28. The number of aromatic nitrogens is 2. The van der Waals surface area contributed by atoms with E-state index in [4.69, 9.17) is 5.73 Å². The van der Waals surface area contributed by atoms with Gasteiger partial charge in [0.25, 0.3) is 11.8 Å². The molecule has 0 saturated heterocycles. The van der Waals surface area contributed by atoms with Gasteiger partial charge in [-0.2, -0.15) is 0 Å². The summed E-state index contributed by atoms with van der Waals surface area (Å²) in [5.41, 5.74) is 8.17. The predicted octanol–water partition coefficient (Wildman–Crippen LogP) is 0.984. The number of para-hydroxylation sites is 2. The molecule has 0 saturated carbocycles. The van der Waals surface area contributed by atoms with Crippen LogP contribution in [0.15, 0.2) is 24.3 Å². The Hall–Kier alpha value is -3.63. The van der Waals surface area contributed by atoms with E-state index in [2.05, 4.69) is 20.7 Å². The van der Waals surface area contributed by atoms with Crippen LogP contribution in [0, 0.1) is 5.41 Å². The van der Waals surface area contributed by atoms with Crippen molar-refractivity contribution in [1.82, 2.24) is 25.7 Å². The summed E-state index contributed by atoms with van der Waals surface area (Å²) in [6.07, 6.45) is -1.49. The van der Waals surface area contributed by atoms with Crippen molar-refractivity contribution >= 4 is 34.8 Å². The van der Waals surface area contributed by atoms with Gasteiger partial charge < -0.3 is 21.1 Å². The number of hydrazine groups is 1. The summed E-state index contributed by atoms with van der Waals surface area (Å²) in [5.74, 6) is -2.01. The molecule has 0 spiro atoms. The van der Waals surface area contributed by atoms with E-state index in [-0.39, 0.29) is 30.6 Å². The lowest BCUT2D eigenvalue weighted by Crippen LogP contribution is -2.55. The number of hydrogen-bond acceptors (Lipinski definition) is 5. The maximum absolute atomic E-state index is 12.7. The molecule has 11 nitrogen and oxygen atoms in total. The van der Waals surface area contributed by atoms with Crippen LogP contribution in [0.1, 0.15) is 44.2 Å². The van der Waals surface area contributed by atoms with Crippen LogP contribution in [-0.4, -0.2) is 56.5 Å². The van der Waals surface area contributed by atoms with Crippen LogP contribution in [-0.2, 0) is 9.59 Å². The van der Waals surface area contributed by atoms with E-state index in [1.165, 1.54) is 0 Å². The largest absolute Gasteiger partial charge is 0.464 e. The average Bonchev–Trinajstić information content (AvgIpc) is 3.07. The second kappa shape index (κ2) is 9.25. The average molecular weight is 418 g/mol. The van der Waals surface area contributed by atoms with Gasteiger partial charge in [0.05, 0.1) is 17.6 Å². The molecule has 0 aliphatic heterocycles. The summed E-state index contributed by atoms with van der Waals surface area (Å²) in [6.45, 7) is 5.32. The predicted molar refractivity (Wildman–Crippen MR) is 108 cm³/mol. The zero-order valence-corrected chi connectivity index (χ0v) is 17.1. The van der Waals surface area contributed by atoms with Crippen molar-refractivity contribution in [3.8, 4) is 0 Å². The third-order valence-electron chi connectivity index (χ3n) is 4.10. The van der Waals surface area contributed by atoms with Gasteiger partial charge in [-0.15, -0.1) is 0 Å². The van der Waals surface area contributed by atoms with Gasteiger partial charge in [0.1, 0.15) is 6.04 Å². The minimum atomic E-state index is -1.46. The first-order valence-corrected chi connectivity index (χ1v) is 9.31. The molecule has 11 heteroatoms. The first-order chi connectivity index (χ1) is 14.0. The maximum Gasteiger partial charge on any atom is 0.426 e. The van der Waals surface area contributed by atoms with Crippen molar-refractivity contribution in [1.29, 1.82) is 0 Å². The van der Waals surface area contributed by atoms with E-state index >= 15 is 0 Å². The zero-order chi connectivity index (χ0) is 22.5. The Morgan fingerprint density at radius 3 is 2.47 bits per heavy atom. The van der Waals surface area contributed by atoms with E-state index < -0.39 is 29.9 Å². The number of hydrogen-bond donors (Lipinski definition) is 5. The van der Waals surface area contributed by atoms with Crippen LogP contribution in [0.2, 0.25) is 0 Å². The second-order valence-corrected chi connectivity index (χ2v) is 8.02. The minimum absolute atomic E-state index is 0.0340. The number of primary amides is 1. The molecule has 30 heavy (non-hydrogen) atoms. The number of carboxylic acid groups (broad SMARTS) is 1. The van der Waals surface area contributed by atoms with Crippen molar-refractivity contribution in [2.75, 3.05) is 6.54 Å². The molecule has 0 bridgehead atoms. The standard InChI is InChI=1S/C19H26N6O5/c1-19(2,3)10-13(16(27)24-25(18(29)30)9-8-14(20)26)23-17(28)15-21-11-6-4-5-7-12(11)22-15/h4-7,13H,8-10H2,1-3H3,(H2,20,26)(H,21,22)(H,23,28)(H,24,27)(H,29,30). The Labute approximate surface area is 173 Å². The highest BCUT2D eigenvalue weighted by atomic mass is 16.4. The van der Waals surface area contributed by atoms with Crippen LogP contribution in [0.25, 0.3) is 11.0 Å². The molecule has 0 aliphatic rings. The first-order valence-electron chi connectivity index (χ1n) is 9.31. The minimum Gasteiger partial charge on any atom is -0.464 e. The number of nitrogens with two attached hydrogens (primary N) is 1. The molecule has 0 fully saturated rings. The molecule has 2 rings (SSSR count). The highest BCUT2D eigenvalue weighted by molar-refractivity contribution is 5.97. The molecule has 0 radical (unpaired) electrons. The quantitative estimate of drug-likeness (QED) is 0.420. The number of carbonyl (C=O) groups is 4. The molecule has 162 valence electrons. The summed E-state index contributed by atoms with van der Waals surface area (Å²) >= 11 is 0. The smallest absolute Gasteiger partial charge is 0.426 e. The Bertz CT molecular complexity index is 915. The third-order valence-corrected chi connectivity index (χ3v) is 4.10. The van der Waals surface area contributed by atoms with Gasteiger partial charge in [-0.1, -0.05) is 32.9 Å². The Morgan fingerprint density at radius 1 is 1.23 bits per heavy atom. The second-order valence-electron chi connectivity index (χ2n) is 8.02. The van der Waals surface area contributed by atoms with Crippen LogP contribution < -0.4 is 16.5 Å². The SMILES string of the molecule is CC(C)(C)CC(NC(=O)c1nc2ccccc2[nH]1)C(=O)NN(CCC(N)=O)C(=O)O. The fourth-order valence-corrected chi connectivity index (χ4v) is 2.74. The summed E-state index contributed by atoms with van der Waals surface area (Å²) in [6, 6.07) is 6.05. The lowest BCUT2D eigenvalue weighted by atomic mass is 9.88.